The van der Waals surface area contributed by atoms with E-state index in [2.05, 4.69) is 45.3 Å². The van der Waals surface area contributed by atoms with Gasteiger partial charge in [0.15, 0.2) is 5.78 Å². The van der Waals surface area contributed by atoms with E-state index in [0.717, 1.165) is 6.42 Å². The van der Waals surface area contributed by atoms with E-state index in [1.165, 1.54) is 5.57 Å². The lowest BCUT2D eigenvalue weighted by atomic mass is 9.77. The van der Waals surface area contributed by atoms with Crippen LogP contribution in [0.3, 0.4) is 0 Å². The molecule has 0 radical (unpaired) electrons. The van der Waals surface area contributed by atoms with Crippen LogP contribution in [-0.4, -0.2) is 43.9 Å². The van der Waals surface area contributed by atoms with E-state index in [-0.39, 0.29) is 11.2 Å². The Kier molecular flexibility index (Phi) is 18.9. The number of amides is 3. The lowest BCUT2D eigenvalue weighted by Crippen LogP contribution is -2.20. The van der Waals surface area contributed by atoms with Crippen LogP contribution in [-0.2, 0) is 19.0 Å². The molecule has 0 aromatic carbocycles. The molecule has 3 amide bonds. The number of ketones is 1. The van der Waals surface area contributed by atoms with E-state index in [4.69, 9.17) is 0 Å². The summed E-state index contributed by atoms with van der Waals surface area (Å²) in [6.45, 7) is 12.5. The van der Waals surface area contributed by atoms with E-state index in [9.17, 15) is 19.2 Å². The minimum atomic E-state index is -0.711. The minimum absolute atomic E-state index is 0.204. The van der Waals surface area contributed by atoms with Crippen molar-refractivity contribution < 1.29 is 33.4 Å². The number of carbonyl (C=O) groups excluding carboxylic acids is 4. The maximum absolute atomic E-state index is 11.0. The molecule has 0 aromatic heterocycles. The van der Waals surface area contributed by atoms with Crippen molar-refractivity contribution in [2.45, 2.75) is 54.4 Å². The molecule has 164 valence electrons. The molecule has 10 nitrogen and oxygen atoms in total. The van der Waals surface area contributed by atoms with Crippen molar-refractivity contribution in [1.29, 1.82) is 0 Å². The zero-order valence-electron chi connectivity index (χ0n) is 17.7. The Morgan fingerprint density at radius 3 is 1.32 bits per heavy atom. The van der Waals surface area contributed by atoms with E-state index in [1.807, 2.05) is 6.92 Å². The van der Waals surface area contributed by atoms with E-state index in [1.54, 1.807) is 26.8 Å². The molecule has 0 fully saturated rings. The maximum atomic E-state index is 11.0. The second kappa shape index (κ2) is 17.6. The van der Waals surface area contributed by atoms with E-state index in [0.29, 0.717) is 26.2 Å². The molecule has 1 aliphatic carbocycles. The van der Waals surface area contributed by atoms with Crippen molar-refractivity contribution in [1.82, 2.24) is 0 Å². The van der Waals surface area contributed by atoms with Gasteiger partial charge in [0.2, 0.25) is 0 Å². The highest BCUT2D eigenvalue weighted by Crippen LogP contribution is 2.32. The number of hydrogen-bond donors (Lipinski definition) is 3. The number of nitrogens with two attached hydrogens (primary N) is 3. The molecule has 0 heterocycles. The van der Waals surface area contributed by atoms with Crippen LogP contribution in [0.2, 0.25) is 0 Å². The molecular weight excluding hydrogens is 370 g/mol. The van der Waals surface area contributed by atoms with Crippen LogP contribution in [0.1, 0.15) is 54.4 Å². The van der Waals surface area contributed by atoms with Crippen molar-refractivity contribution in [2.75, 3.05) is 19.8 Å². The van der Waals surface area contributed by atoms with Gasteiger partial charge in [-0.1, -0.05) is 19.4 Å². The molecule has 1 aliphatic rings. The van der Waals surface area contributed by atoms with Gasteiger partial charge in [0.1, 0.15) is 0 Å². The van der Waals surface area contributed by atoms with Gasteiger partial charge >= 0.3 is 18.3 Å². The maximum Gasteiger partial charge on any atom is 0.404 e. The average molecular weight is 405 g/mol. The van der Waals surface area contributed by atoms with Gasteiger partial charge in [-0.05, 0) is 45.6 Å². The van der Waals surface area contributed by atoms with Crippen LogP contribution in [0.4, 0.5) is 14.4 Å². The van der Waals surface area contributed by atoms with Crippen molar-refractivity contribution in [3.63, 3.8) is 0 Å². The van der Waals surface area contributed by atoms with Crippen LogP contribution in [0.25, 0.3) is 0 Å². The molecule has 0 bridgehead atoms. The first-order valence-electron chi connectivity index (χ1n) is 8.77. The van der Waals surface area contributed by atoms with Crippen LogP contribution in [0, 0.1) is 5.41 Å². The second-order valence-electron chi connectivity index (χ2n) is 6.23. The topological polar surface area (TPSA) is 174 Å². The third-order valence-electron chi connectivity index (χ3n) is 2.68. The van der Waals surface area contributed by atoms with E-state index >= 15 is 0 Å². The molecule has 0 aromatic rings. The fourth-order valence-electron chi connectivity index (χ4n) is 2.09. The summed E-state index contributed by atoms with van der Waals surface area (Å²) < 4.78 is 12.5. The predicted molar refractivity (Wildman–Crippen MR) is 105 cm³/mol. The number of hydrogen-bond acceptors (Lipinski definition) is 7. The van der Waals surface area contributed by atoms with Gasteiger partial charge in [-0.3, -0.25) is 4.79 Å². The quantitative estimate of drug-likeness (QED) is 0.605. The molecule has 6 N–H and O–H groups in total. The van der Waals surface area contributed by atoms with Gasteiger partial charge in [0, 0.05) is 6.42 Å². The Balaban J connectivity index is -0.000000309. The Morgan fingerprint density at radius 2 is 1.18 bits per heavy atom. The molecule has 0 spiro atoms. The summed E-state index contributed by atoms with van der Waals surface area (Å²) in [6.07, 6.45) is 1.42. The van der Waals surface area contributed by atoms with E-state index < -0.39 is 18.3 Å². The van der Waals surface area contributed by atoms with Gasteiger partial charge in [-0.2, -0.15) is 0 Å². The van der Waals surface area contributed by atoms with Gasteiger partial charge in [-0.25, -0.2) is 14.4 Å². The summed E-state index contributed by atoms with van der Waals surface area (Å²) in [5.41, 5.74) is 15.1. The smallest absolute Gasteiger partial charge is 0.404 e. The van der Waals surface area contributed by atoms with Gasteiger partial charge in [-0.15, -0.1) is 0 Å². The Morgan fingerprint density at radius 1 is 0.857 bits per heavy atom. The van der Waals surface area contributed by atoms with Crippen molar-refractivity contribution >= 4 is 24.1 Å². The van der Waals surface area contributed by atoms with Crippen LogP contribution in [0.15, 0.2) is 11.6 Å². The number of ether oxygens (including phenoxy) is 3. The zero-order valence-corrected chi connectivity index (χ0v) is 17.7. The molecular formula is C18H35N3O7. The van der Waals surface area contributed by atoms with Crippen molar-refractivity contribution in [3.05, 3.63) is 11.6 Å². The molecule has 0 unspecified atom stereocenters. The standard InChI is InChI=1S/C9H14O.3C3H7NO2/c1-7-4-8(10)6-9(2,3)5-7;3*1-2-6-3(4)5/h4H,5-6H2,1-3H3;3*2H2,1H3,(H2,4,5). The fourth-order valence-corrected chi connectivity index (χ4v) is 2.09. The Hall–Kier alpha value is -2.78. The van der Waals surface area contributed by atoms with Gasteiger partial charge in [0.25, 0.3) is 0 Å². The normalized spacial score (nSPS) is 13.5. The summed E-state index contributed by atoms with van der Waals surface area (Å²) in [7, 11) is 0. The summed E-state index contributed by atoms with van der Waals surface area (Å²) in [6, 6.07) is 0. The third kappa shape index (κ3) is 28.0. The molecule has 1 rings (SSSR count). The van der Waals surface area contributed by atoms with Crippen LogP contribution < -0.4 is 17.2 Å². The number of allylic oxidation sites excluding steroid dienone is 2. The monoisotopic (exact) mass is 405 g/mol. The Labute approximate surface area is 166 Å². The lowest BCUT2D eigenvalue weighted by Gasteiger charge is -2.27. The molecule has 10 heteroatoms. The summed E-state index contributed by atoms with van der Waals surface area (Å²) in [5.74, 6) is 0.286. The predicted octanol–water partition coefficient (Wildman–Crippen LogP) is 2.63. The highest BCUT2D eigenvalue weighted by Gasteiger charge is 2.25. The first-order valence-corrected chi connectivity index (χ1v) is 8.77. The SMILES string of the molecule is CC1=CC(=O)CC(C)(C)C1.CCOC(N)=O.CCOC(N)=O.CCOC(N)=O. The molecule has 28 heavy (non-hydrogen) atoms. The van der Waals surface area contributed by atoms with Gasteiger partial charge < -0.3 is 31.4 Å². The summed E-state index contributed by atoms with van der Waals surface area (Å²) >= 11 is 0. The number of carbonyl (C=O) groups is 4. The average Bonchev–Trinajstić information content (AvgIpc) is 2.45. The fraction of sp³-hybridized carbons (Fsp3) is 0.667. The largest absolute Gasteiger partial charge is 0.450 e. The number of primary amides is 3. The van der Waals surface area contributed by atoms with Gasteiger partial charge in [0.05, 0.1) is 19.8 Å². The van der Waals surface area contributed by atoms with Crippen molar-refractivity contribution in [3.8, 4) is 0 Å². The molecule has 0 atom stereocenters. The highest BCUT2D eigenvalue weighted by atomic mass is 16.6. The molecule has 0 aliphatic heterocycles. The lowest BCUT2D eigenvalue weighted by molar-refractivity contribution is -0.117. The first kappa shape index (κ1) is 30.0. The first-order chi connectivity index (χ1) is 12.8. The van der Waals surface area contributed by atoms with Crippen LogP contribution in [0.5, 0.6) is 0 Å². The van der Waals surface area contributed by atoms with Crippen LogP contribution >= 0.6 is 0 Å². The zero-order chi connectivity index (χ0) is 22.8. The third-order valence-corrected chi connectivity index (χ3v) is 2.68. The summed E-state index contributed by atoms with van der Waals surface area (Å²) in [5, 5.41) is 0. The highest BCUT2D eigenvalue weighted by molar-refractivity contribution is 5.91. The summed E-state index contributed by atoms with van der Waals surface area (Å²) in [4.78, 5) is 39.8. The number of rotatable bonds is 3. The minimum Gasteiger partial charge on any atom is -0.450 e. The molecule has 0 saturated heterocycles. The molecule has 0 saturated carbocycles. The second-order valence-corrected chi connectivity index (χ2v) is 6.23. The Bertz CT molecular complexity index is 479. The van der Waals surface area contributed by atoms with Crippen molar-refractivity contribution in [2.24, 2.45) is 22.6 Å².